The maximum atomic E-state index is 12.7. The molecule has 0 aliphatic carbocycles. The van der Waals surface area contributed by atoms with E-state index in [0.717, 1.165) is 22.4 Å². The summed E-state index contributed by atoms with van der Waals surface area (Å²) in [5.41, 5.74) is 2.50. The molecule has 0 unspecified atom stereocenters. The molecular weight excluding hydrogens is 290 g/mol. The van der Waals surface area contributed by atoms with E-state index in [0.29, 0.717) is 18.2 Å². The predicted molar refractivity (Wildman–Crippen MR) is 89.2 cm³/mol. The number of carbonyl (C=O) groups is 1. The second-order valence-corrected chi connectivity index (χ2v) is 6.09. The van der Waals surface area contributed by atoms with Crippen LogP contribution in [0.25, 0.3) is 10.9 Å². The third-order valence-electron chi connectivity index (χ3n) is 4.02. The van der Waals surface area contributed by atoms with Gasteiger partial charge in [-0.1, -0.05) is 0 Å². The number of carbonyl (C=O) groups excluding carboxylic acids is 1. The number of nitrogens with zero attached hydrogens (tertiary/aromatic N) is 4. The van der Waals surface area contributed by atoms with Crippen molar-refractivity contribution in [3.63, 3.8) is 0 Å². The second-order valence-electron chi connectivity index (χ2n) is 6.09. The summed E-state index contributed by atoms with van der Waals surface area (Å²) in [6.45, 7) is 6.63. The number of amides is 1. The molecule has 120 valence electrons. The molecule has 2 aromatic heterocycles. The lowest BCUT2D eigenvalue weighted by molar-refractivity contribution is 0.0779. The number of imidazole rings is 1. The maximum absolute atomic E-state index is 12.7. The van der Waals surface area contributed by atoms with Crippen LogP contribution in [-0.4, -0.2) is 37.6 Å². The Labute approximate surface area is 135 Å². The number of aryl methyl sites for hydroxylation is 1. The lowest BCUT2D eigenvalue weighted by Gasteiger charge is -2.19. The Morgan fingerprint density at radius 3 is 2.91 bits per heavy atom. The number of fused-ring (bicyclic) bond motifs is 1. The molecule has 0 saturated carbocycles. The Balaban J connectivity index is 1.83. The fourth-order valence-electron chi connectivity index (χ4n) is 2.71. The lowest BCUT2D eigenvalue weighted by atomic mass is 10.1. The van der Waals surface area contributed by atoms with Crippen LogP contribution in [0.1, 0.15) is 41.8 Å². The largest absolute Gasteiger partial charge is 0.334 e. The van der Waals surface area contributed by atoms with Gasteiger partial charge in [0.25, 0.3) is 5.91 Å². The van der Waals surface area contributed by atoms with Crippen molar-refractivity contribution < 1.29 is 4.79 Å². The van der Waals surface area contributed by atoms with Gasteiger partial charge in [0.15, 0.2) is 0 Å². The molecule has 0 fully saturated rings. The number of H-pyrrole nitrogens is 1. The number of rotatable bonds is 4. The molecule has 1 amide bonds. The van der Waals surface area contributed by atoms with E-state index < -0.39 is 0 Å². The first-order valence-electron chi connectivity index (χ1n) is 7.69. The molecule has 0 radical (unpaired) electrons. The van der Waals surface area contributed by atoms with Crippen LogP contribution in [0, 0.1) is 6.92 Å². The van der Waals surface area contributed by atoms with E-state index in [4.69, 9.17) is 0 Å². The molecule has 0 spiro atoms. The predicted octanol–water partition coefficient (Wildman–Crippen LogP) is 2.92. The summed E-state index contributed by atoms with van der Waals surface area (Å²) in [5.74, 6) is 0.863. The summed E-state index contributed by atoms with van der Waals surface area (Å²) in [5, 5.41) is 8.11. The fraction of sp³-hybridized carbons (Fsp3) is 0.353. The highest BCUT2D eigenvalue weighted by atomic mass is 16.2. The molecule has 23 heavy (non-hydrogen) atoms. The van der Waals surface area contributed by atoms with Crippen molar-refractivity contribution in [2.45, 2.75) is 33.4 Å². The van der Waals surface area contributed by atoms with E-state index in [1.165, 1.54) is 0 Å². The number of hydrogen-bond donors (Lipinski definition) is 1. The fourth-order valence-corrected chi connectivity index (χ4v) is 2.71. The van der Waals surface area contributed by atoms with Gasteiger partial charge < -0.3 is 9.47 Å². The van der Waals surface area contributed by atoms with Crippen molar-refractivity contribution in [1.29, 1.82) is 0 Å². The van der Waals surface area contributed by atoms with Gasteiger partial charge in [-0.05, 0) is 39.0 Å². The van der Waals surface area contributed by atoms with Gasteiger partial charge in [-0.2, -0.15) is 5.10 Å². The average molecular weight is 311 g/mol. The van der Waals surface area contributed by atoms with Crippen molar-refractivity contribution in [3.8, 4) is 0 Å². The zero-order valence-corrected chi connectivity index (χ0v) is 13.9. The van der Waals surface area contributed by atoms with Crippen molar-refractivity contribution in [2.75, 3.05) is 7.05 Å². The summed E-state index contributed by atoms with van der Waals surface area (Å²) in [6.07, 6.45) is 3.72. The van der Waals surface area contributed by atoms with E-state index in [1.807, 2.05) is 31.3 Å². The van der Waals surface area contributed by atoms with Crippen molar-refractivity contribution in [3.05, 3.63) is 47.7 Å². The summed E-state index contributed by atoms with van der Waals surface area (Å²) in [7, 11) is 1.80. The third kappa shape index (κ3) is 2.84. The number of benzene rings is 1. The molecule has 0 aliphatic rings. The van der Waals surface area contributed by atoms with E-state index in [-0.39, 0.29) is 5.91 Å². The minimum atomic E-state index is -0.0224. The van der Waals surface area contributed by atoms with Crippen LogP contribution in [0.3, 0.4) is 0 Å². The van der Waals surface area contributed by atoms with Gasteiger partial charge in [0, 0.05) is 42.1 Å². The Kier molecular flexibility index (Phi) is 3.90. The van der Waals surface area contributed by atoms with Gasteiger partial charge in [0.2, 0.25) is 0 Å². The highest BCUT2D eigenvalue weighted by molar-refractivity contribution is 5.98. The first-order valence-corrected chi connectivity index (χ1v) is 7.69. The van der Waals surface area contributed by atoms with Crippen LogP contribution >= 0.6 is 0 Å². The standard InChI is InChI=1S/C17H21N5O/c1-11(2)22-8-7-18-16(22)10-21(4)17(23)13-5-6-15-14(9-13)12(3)19-20-15/h5-9,11H,10H2,1-4H3,(H,19,20). The monoisotopic (exact) mass is 311 g/mol. The Morgan fingerprint density at radius 2 is 2.17 bits per heavy atom. The van der Waals surface area contributed by atoms with E-state index in [2.05, 4.69) is 33.6 Å². The molecule has 1 N–H and O–H groups in total. The van der Waals surface area contributed by atoms with Crippen LogP contribution in [0.15, 0.2) is 30.6 Å². The average Bonchev–Trinajstić information content (AvgIpc) is 3.13. The van der Waals surface area contributed by atoms with Gasteiger partial charge in [0.1, 0.15) is 5.82 Å². The van der Waals surface area contributed by atoms with E-state index in [9.17, 15) is 4.79 Å². The first kappa shape index (κ1) is 15.3. The molecule has 2 heterocycles. The van der Waals surface area contributed by atoms with Crippen molar-refractivity contribution in [2.24, 2.45) is 0 Å². The van der Waals surface area contributed by atoms with Gasteiger partial charge in [0.05, 0.1) is 12.1 Å². The normalized spacial score (nSPS) is 11.3. The summed E-state index contributed by atoms with van der Waals surface area (Å²) >= 11 is 0. The van der Waals surface area contributed by atoms with Crippen molar-refractivity contribution in [1.82, 2.24) is 24.6 Å². The zero-order valence-electron chi connectivity index (χ0n) is 13.9. The SMILES string of the molecule is Cc1[nH]nc2ccc(C(=O)N(C)Cc3nccn3C(C)C)cc12. The van der Waals surface area contributed by atoms with Crippen LogP contribution in [0.2, 0.25) is 0 Å². The first-order chi connectivity index (χ1) is 11.0. The summed E-state index contributed by atoms with van der Waals surface area (Å²) < 4.78 is 2.08. The maximum Gasteiger partial charge on any atom is 0.254 e. The summed E-state index contributed by atoms with van der Waals surface area (Å²) in [4.78, 5) is 18.7. The molecule has 0 atom stereocenters. The van der Waals surface area contributed by atoms with E-state index in [1.54, 1.807) is 18.1 Å². The molecule has 6 nitrogen and oxygen atoms in total. The van der Waals surface area contributed by atoms with Crippen LogP contribution in [-0.2, 0) is 6.54 Å². The van der Waals surface area contributed by atoms with E-state index >= 15 is 0 Å². The van der Waals surface area contributed by atoms with Crippen LogP contribution in [0.4, 0.5) is 0 Å². The Hall–Kier alpha value is -2.63. The molecule has 0 aliphatic heterocycles. The number of nitrogens with one attached hydrogen (secondary N) is 1. The van der Waals surface area contributed by atoms with Gasteiger partial charge in [-0.3, -0.25) is 9.89 Å². The lowest BCUT2D eigenvalue weighted by Crippen LogP contribution is -2.28. The molecule has 1 aromatic carbocycles. The number of aromatic amines is 1. The highest BCUT2D eigenvalue weighted by Gasteiger charge is 2.16. The van der Waals surface area contributed by atoms with Crippen molar-refractivity contribution >= 4 is 16.8 Å². The number of aromatic nitrogens is 4. The Morgan fingerprint density at radius 1 is 1.39 bits per heavy atom. The van der Waals surface area contributed by atoms with Gasteiger partial charge >= 0.3 is 0 Å². The highest BCUT2D eigenvalue weighted by Crippen LogP contribution is 2.18. The molecule has 3 aromatic rings. The number of hydrogen-bond acceptors (Lipinski definition) is 3. The minimum absolute atomic E-state index is 0.0224. The third-order valence-corrected chi connectivity index (χ3v) is 4.02. The Bertz CT molecular complexity index is 846. The van der Waals surface area contributed by atoms with Gasteiger partial charge in [-0.15, -0.1) is 0 Å². The quantitative estimate of drug-likeness (QED) is 0.805. The van der Waals surface area contributed by atoms with Gasteiger partial charge in [-0.25, -0.2) is 4.98 Å². The smallest absolute Gasteiger partial charge is 0.254 e. The molecule has 6 heteroatoms. The molecule has 0 saturated heterocycles. The van der Waals surface area contributed by atoms with Crippen LogP contribution in [0.5, 0.6) is 0 Å². The second kappa shape index (κ2) is 5.87. The van der Waals surface area contributed by atoms with Crippen LogP contribution < -0.4 is 0 Å². The topological polar surface area (TPSA) is 66.8 Å². The summed E-state index contributed by atoms with van der Waals surface area (Å²) in [6, 6.07) is 5.90. The minimum Gasteiger partial charge on any atom is -0.334 e. The molecule has 0 bridgehead atoms. The zero-order chi connectivity index (χ0) is 16.6. The molecule has 3 rings (SSSR count). The molecular formula is C17H21N5O.